The van der Waals surface area contributed by atoms with Crippen molar-refractivity contribution in [3.8, 4) is 0 Å². The second kappa shape index (κ2) is 5.79. The van der Waals surface area contributed by atoms with Crippen molar-refractivity contribution in [2.45, 2.75) is 25.9 Å². The van der Waals surface area contributed by atoms with Crippen LogP contribution in [0.15, 0.2) is 6.20 Å². The molecule has 3 N–H and O–H groups in total. The molecule has 0 aromatic carbocycles. The number of hydrogen-bond acceptors (Lipinski definition) is 4. The van der Waals surface area contributed by atoms with Crippen LogP contribution in [0.2, 0.25) is 0 Å². The number of rotatable bonds is 6. The molecule has 6 heteroatoms. The number of H-pyrrole nitrogens is 1. The lowest BCUT2D eigenvalue weighted by atomic mass is 10.0. The summed E-state index contributed by atoms with van der Waals surface area (Å²) >= 11 is 0. The zero-order valence-electron chi connectivity index (χ0n) is 10.4. The van der Waals surface area contributed by atoms with Gasteiger partial charge in [0.05, 0.1) is 17.4 Å². The number of aliphatic hydroxyl groups is 1. The number of aromatic amines is 1. The number of nitrogens with one attached hydrogen (secondary N) is 2. The molecule has 96 valence electrons. The molecule has 0 bridgehead atoms. The number of aromatic nitrogens is 2. The number of carbonyl (C=O) groups is 1. The highest BCUT2D eigenvalue weighted by Gasteiger charge is 2.21. The van der Waals surface area contributed by atoms with E-state index in [0.717, 1.165) is 0 Å². The van der Waals surface area contributed by atoms with Gasteiger partial charge in [0, 0.05) is 32.4 Å². The van der Waals surface area contributed by atoms with E-state index in [2.05, 4.69) is 15.5 Å². The predicted molar refractivity (Wildman–Crippen MR) is 62.8 cm³/mol. The van der Waals surface area contributed by atoms with Gasteiger partial charge in [0.25, 0.3) is 5.91 Å². The summed E-state index contributed by atoms with van der Waals surface area (Å²) in [7, 11) is 1.57. The van der Waals surface area contributed by atoms with Crippen molar-refractivity contribution < 1.29 is 14.6 Å². The Bertz CT molecular complexity index is 374. The molecular formula is C11H19N3O3. The van der Waals surface area contributed by atoms with E-state index in [-0.39, 0.29) is 12.5 Å². The first kappa shape index (κ1) is 13.7. The summed E-state index contributed by atoms with van der Waals surface area (Å²) in [5.41, 5.74) is 0.232. The maximum absolute atomic E-state index is 11.7. The lowest BCUT2D eigenvalue weighted by Gasteiger charge is -2.23. The van der Waals surface area contributed by atoms with Crippen LogP contribution in [0.25, 0.3) is 0 Å². The van der Waals surface area contributed by atoms with Gasteiger partial charge in [0.1, 0.15) is 0 Å². The summed E-state index contributed by atoms with van der Waals surface area (Å²) in [6, 6.07) is 0. The molecule has 0 aliphatic carbocycles. The second-order valence-electron chi connectivity index (χ2n) is 4.33. The molecule has 1 heterocycles. The Morgan fingerprint density at radius 2 is 2.41 bits per heavy atom. The fraction of sp³-hybridized carbons (Fsp3) is 0.636. The van der Waals surface area contributed by atoms with Crippen molar-refractivity contribution in [1.82, 2.24) is 15.5 Å². The molecule has 1 aromatic heterocycles. The SMILES string of the molecule is COCCC(C)(O)CNC(=O)c1cn[nH]c1C. The van der Waals surface area contributed by atoms with Crippen LogP contribution >= 0.6 is 0 Å². The molecule has 6 nitrogen and oxygen atoms in total. The van der Waals surface area contributed by atoms with Gasteiger partial charge >= 0.3 is 0 Å². The third-order valence-corrected chi connectivity index (χ3v) is 2.55. The second-order valence-corrected chi connectivity index (χ2v) is 4.33. The third-order valence-electron chi connectivity index (χ3n) is 2.55. The van der Waals surface area contributed by atoms with Crippen molar-refractivity contribution in [1.29, 1.82) is 0 Å². The molecule has 0 saturated carbocycles. The third kappa shape index (κ3) is 4.16. The molecule has 1 aromatic rings. The van der Waals surface area contributed by atoms with Gasteiger partial charge in [-0.15, -0.1) is 0 Å². The average Bonchev–Trinajstić information content (AvgIpc) is 2.70. The minimum atomic E-state index is -0.969. The summed E-state index contributed by atoms with van der Waals surface area (Å²) in [4.78, 5) is 11.7. The number of aryl methyl sites for hydroxylation is 1. The van der Waals surface area contributed by atoms with Crippen LogP contribution in [-0.4, -0.2) is 47.1 Å². The van der Waals surface area contributed by atoms with Crippen LogP contribution in [0.4, 0.5) is 0 Å². The van der Waals surface area contributed by atoms with Gasteiger partial charge in [0.15, 0.2) is 0 Å². The number of amides is 1. The van der Waals surface area contributed by atoms with Crippen LogP contribution < -0.4 is 5.32 Å². The number of hydrogen-bond donors (Lipinski definition) is 3. The van der Waals surface area contributed by atoms with Crippen LogP contribution in [0, 0.1) is 6.92 Å². The van der Waals surface area contributed by atoms with Crippen LogP contribution in [0.3, 0.4) is 0 Å². The summed E-state index contributed by atoms with van der Waals surface area (Å²) in [5, 5.41) is 19.1. The van der Waals surface area contributed by atoms with Crippen molar-refractivity contribution in [2.24, 2.45) is 0 Å². The van der Waals surface area contributed by atoms with Crippen LogP contribution in [0.1, 0.15) is 29.4 Å². The van der Waals surface area contributed by atoms with Crippen LogP contribution in [0.5, 0.6) is 0 Å². The number of nitrogens with zero attached hydrogens (tertiary/aromatic N) is 1. The topological polar surface area (TPSA) is 87.2 Å². The maximum Gasteiger partial charge on any atom is 0.254 e. The summed E-state index contributed by atoms with van der Waals surface area (Å²) in [5.74, 6) is -0.242. The van der Waals surface area contributed by atoms with Gasteiger partial charge in [-0.05, 0) is 13.8 Å². The highest BCUT2D eigenvalue weighted by Crippen LogP contribution is 2.08. The first-order valence-corrected chi connectivity index (χ1v) is 5.46. The summed E-state index contributed by atoms with van der Waals surface area (Å²) in [6.45, 7) is 4.06. The van der Waals surface area contributed by atoms with E-state index >= 15 is 0 Å². The Balaban J connectivity index is 2.45. The average molecular weight is 241 g/mol. The smallest absolute Gasteiger partial charge is 0.254 e. The lowest BCUT2D eigenvalue weighted by molar-refractivity contribution is 0.0243. The molecular weight excluding hydrogens is 222 g/mol. The predicted octanol–water partition coefficient (Wildman–Crippen LogP) is 0.235. The highest BCUT2D eigenvalue weighted by molar-refractivity contribution is 5.94. The number of carbonyl (C=O) groups excluding carboxylic acids is 1. The molecule has 1 amide bonds. The van der Waals surface area contributed by atoms with Crippen LogP contribution in [-0.2, 0) is 4.74 Å². The van der Waals surface area contributed by atoms with E-state index in [1.165, 1.54) is 6.20 Å². The van der Waals surface area contributed by atoms with E-state index in [1.54, 1.807) is 21.0 Å². The normalized spacial score (nSPS) is 14.4. The zero-order chi connectivity index (χ0) is 12.9. The first-order chi connectivity index (χ1) is 7.96. The fourth-order valence-electron chi connectivity index (χ4n) is 1.36. The quantitative estimate of drug-likeness (QED) is 0.665. The molecule has 0 saturated heterocycles. The fourth-order valence-corrected chi connectivity index (χ4v) is 1.36. The monoisotopic (exact) mass is 241 g/mol. The number of ether oxygens (including phenoxy) is 1. The molecule has 17 heavy (non-hydrogen) atoms. The van der Waals surface area contributed by atoms with E-state index in [4.69, 9.17) is 4.74 Å². The van der Waals surface area contributed by atoms with Gasteiger partial charge in [-0.3, -0.25) is 9.89 Å². The largest absolute Gasteiger partial charge is 0.388 e. The Kier molecular flexibility index (Phi) is 4.65. The van der Waals surface area contributed by atoms with Crippen molar-refractivity contribution >= 4 is 5.91 Å². The molecule has 0 fully saturated rings. The van der Waals surface area contributed by atoms with Crippen molar-refractivity contribution in [2.75, 3.05) is 20.3 Å². The summed E-state index contributed by atoms with van der Waals surface area (Å²) in [6.07, 6.45) is 1.93. The summed E-state index contributed by atoms with van der Waals surface area (Å²) < 4.78 is 4.89. The van der Waals surface area contributed by atoms with E-state index in [9.17, 15) is 9.90 Å². The molecule has 0 radical (unpaired) electrons. The first-order valence-electron chi connectivity index (χ1n) is 5.46. The Hall–Kier alpha value is -1.40. The van der Waals surface area contributed by atoms with Gasteiger partial charge in [-0.1, -0.05) is 0 Å². The van der Waals surface area contributed by atoms with E-state index < -0.39 is 5.60 Å². The maximum atomic E-state index is 11.7. The van der Waals surface area contributed by atoms with Gasteiger partial charge < -0.3 is 15.2 Å². The minimum absolute atomic E-state index is 0.180. The minimum Gasteiger partial charge on any atom is -0.388 e. The molecule has 1 atom stereocenters. The van der Waals surface area contributed by atoms with E-state index in [0.29, 0.717) is 24.3 Å². The Morgan fingerprint density at radius 3 is 2.94 bits per heavy atom. The lowest BCUT2D eigenvalue weighted by Crippen LogP contribution is -2.41. The molecule has 0 aliphatic heterocycles. The highest BCUT2D eigenvalue weighted by atomic mass is 16.5. The molecule has 1 rings (SSSR count). The zero-order valence-corrected chi connectivity index (χ0v) is 10.4. The molecule has 0 spiro atoms. The molecule has 0 aliphatic rings. The molecule has 1 unspecified atom stereocenters. The standard InChI is InChI=1S/C11H19N3O3/c1-8-9(6-13-14-8)10(15)12-7-11(2,16)4-5-17-3/h6,16H,4-5,7H2,1-3H3,(H,12,15)(H,13,14). The van der Waals surface area contributed by atoms with Gasteiger partial charge in [0.2, 0.25) is 0 Å². The van der Waals surface area contributed by atoms with Crippen molar-refractivity contribution in [3.05, 3.63) is 17.5 Å². The van der Waals surface area contributed by atoms with E-state index in [1.807, 2.05) is 0 Å². The Labute approximate surface area is 100 Å². The number of methoxy groups -OCH3 is 1. The van der Waals surface area contributed by atoms with Crippen molar-refractivity contribution in [3.63, 3.8) is 0 Å². The van der Waals surface area contributed by atoms with Gasteiger partial charge in [-0.25, -0.2) is 0 Å². The Morgan fingerprint density at radius 1 is 1.71 bits per heavy atom. The van der Waals surface area contributed by atoms with Gasteiger partial charge in [-0.2, -0.15) is 5.10 Å².